The Kier molecular flexibility index (Phi) is 6.50. The molecule has 0 spiro atoms. The number of fused-ring (bicyclic) bond motifs is 1. The summed E-state index contributed by atoms with van der Waals surface area (Å²) in [4.78, 5) is 29.5. The second kappa shape index (κ2) is 9.07. The van der Waals surface area contributed by atoms with Crippen molar-refractivity contribution in [2.75, 3.05) is 13.1 Å². The number of hydrogen-bond acceptors (Lipinski definition) is 4. The van der Waals surface area contributed by atoms with Crippen LogP contribution in [0.15, 0.2) is 36.5 Å². The van der Waals surface area contributed by atoms with Crippen LogP contribution in [-0.4, -0.2) is 39.7 Å². The molecular weight excluding hydrogens is 378 g/mol. The van der Waals surface area contributed by atoms with Gasteiger partial charge in [0.1, 0.15) is 0 Å². The number of aryl methyl sites for hydroxylation is 1. The van der Waals surface area contributed by atoms with Crippen molar-refractivity contribution in [1.29, 1.82) is 0 Å². The molecule has 0 atom stereocenters. The second-order valence-corrected chi connectivity index (χ2v) is 7.99. The third kappa shape index (κ3) is 4.50. The minimum absolute atomic E-state index is 0.0319. The molecular formula is C23H29N5O2. The van der Waals surface area contributed by atoms with E-state index in [1.165, 1.54) is 0 Å². The summed E-state index contributed by atoms with van der Waals surface area (Å²) in [6, 6.07) is 9.91. The van der Waals surface area contributed by atoms with Gasteiger partial charge >= 0.3 is 0 Å². The number of benzene rings is 1. The molecule has 2 amide bonds. The van der Waals surface area contributed by atoms with Gasteiger partial charge in [-0.15, -0.1) is 0 Å². The van der Waals surface area contributed by atoms with Gasteiger partial charge in [0.25, 0.3) is 5.91 Å². The van der Waals surface area contributed by atoms with Crippen molar-refractivity contribution >= 4 is 22.8 Å². The summed E-state index contributed by atoms with van der Waals surface area (Å²) >= 11 is 0. The van der Waals surface area contributed by atoms with E-state index in [-0.39, 0.29) is 23.8 Å². The zero-order valence-electron chi connectivity index (χ0n) is 18.2. The molecule has 30 heavy (non-hydrogen) atoms. The lowest BCUT2D eigenvalue weighted by Crippen LogP contribution is -2.36. The molecule has 0 aliphatic carbocycles. The van der Waals surface area contributed by atoms with Gasteiger partial charge in [-0.2, -0.15) is 5.10 Å². The third-order valence-electron chi connectivity index (χ3n) is 4.96. The van der Waals surface area contributed by atoms with E-state index in [2.05, 4.69) is 15.7 Å². The summed E-state index contributed by atoms with van der Waals surface area (Å²) in [5.41, 5.74) is 4.02. The van der Waals surface area contributed by atoms with Crippen molar-refractivity contribution in [3.05, 3.63) is 47.7 Å². The van der Waals surface area contributed by atoms with Gasteiger partial charge in [0.2, 0.25) is 5.91 Å². The zero-order chi connectivity index (χ0) is 21.8. The number of amides is 2. The lowest BCUT2D eigenvalue weighted by Gasteiger charge is -2.12. The standard InChI is InChI=1S/C23H29N5O2/c1-14(2)22(29)24-10-11-25-23(30)18-12-20(17-9-7-6-8-16(17)5)27-21-19(18)13-26-28(21)15(3)4/h6-9,12-15H,10-11H2,1-5H3,(H,24,29)(H,25,30). The molecule has 2 heterocycles. The maximum atomic E-state index is 13.0. The number of carbonyl (C=O) groups excluding carboxylic acids is 2. The van der Waals surface area contributed by atoms with E-state index in [9.17, 15) is 9.59 Å². The van der Waals surface area contributed by atoms with Crippen LogP contribution in [0.1, 0.15) is 49.7 Å². The van der Waals surface area contributed by atoms with Crippen molar-refractivity contribution in [2.45, 2.75) is 40.7 Å². The summed E-state index contributed by atoms with van der Waals surface area (Å²) in [7, 11) is 0. The lowest BCUT2D eigenvalue weighted by molar-refractivity contribution is -0.123. The van der Waals surface area contributed by atoms with Gasteiger partial charge in [-0.1, -0.05) is 38.1 Å². The van der Waals surface area contributed by atoms with Gasteiger partial charge < -0.3 is 10.6 Å². The van der Waals surface area contributed by atoms with Crippen molar-refractivity contribution < 1.29 is 9.59 Å². The Morgan fingerprint density at radius 1 is 1.07 bits per heavy atom. The number of hydrogen-bond donors (Lipinski definition) is 2. The highest BCUT2D eigenvalue weighted by atomic mass is 16.2. The maximum absolute atomic E-state index is 13.0. The predicted molar refractivity (Wildman–Crippen MR) is 118 cm³/mol. The van der Waals surface area contributed by atoms with Crippen LogP contribution in [0, 0.1) is 12.8 Å². The number of carbonyl (C=O) groups is 2. The maximum Gasteiger partial charge on any atom is 0.252 e. The first kappa shape index (κ1) is 21.5. The van der Waals surface area contributed by atoms with E-state index in [0.717, 1.165) is 16.8 Å². The van der Waals surface area contributed by atoms with Gasteiger partial charge in [0.05, 0.1) is 22.8 Å². The Labute approximate surface area is 176 Å². The average Bonchev–Trinajstić information content (AvgIpc) is 3.14. The minimum atomic E-state index is -0.209. The molecule has 0 radical (unpaired) electrons. The second-order valence-electron chi connectivity index (χ2n) is 7.99. The summed E-state index contributed by atoms with van der Waals surface area (Å²) in [5.74, 6) is -0.325. The van der Waals surface area contributed by atoms with Crippen LogP contribution in [0.4, 0.5) is 0 Å². The van der Waals surface area contributed by atoms with Gasteiger partial charge in [-0.3, -0.25) is 9.59 Å². The van der Waals surface area contributed by atoms with Crippen LogP contribution >= 0.6 is 0 Å². The van der Waals surface area contributed by atoms with Crippen LogP contribution in [0.3, 0.4) is 0 Å². The Bertz CT molecular complexity index is 1070. The predicted octanol–water partition coefficient (Wildman–Crippen LogP) is 3.49. The van der Waals surface area contributed by atoms with Gasteiger partial charge in [0.15, 0.2) is 5.65 Å². The highest BCUT2D eigenvalue weighted by molar-refractivity contribution is 6.06. The Morgan fingerprint density at radius 3 is 2.43 bits per heavy atom. The van der Waals surface area contributed by atoms with E-state index in [1.54, 1.807) is 6.20 Å². The smallest absolute Gasteiger partial charge is 0.252 e. The first-order chi connectivity index (χ1) is 14.3. The molecule has 7 heteroatoms. The summed E-state index contributed by atoms with van der Waals surface area (Å²) < 4.78 is 1.83. The van der Waals surface area contributed by atoms with Crippen LogP contribution in [0.5, 0.6) is 0 Å². The SMILES string of the molecule is Cc1ccccc1-c1cc(C(=O)NCCNC(=O)C(C)C)c2cnn(C(C)C)c2n1. The molecule has 3 rings (SSSR count). The third-order valence-corrected chi connectivity index (χ3v) is 4.96. The molecule has 0 saturated carbocycles. The first-order valence-corrected chi connectivity index (χ1v) is 10.3. The minimum Gasteiger partial charge on any atom is -0.354 e. The molecule has 1 aromatic carbocycles. The summed E-state index contributed by atoms with van der Waals surface area (Å²) in [5, 5.41) is 10.9. The first-order valence-electron chi connectivity index (χ1n) is 10.3. The fourth-order valence-corrected chi connectivity index (χ4v) is 3.24. The van der Waals surface area contributed by atoms with Crippen molar-refractivity contribution in [2.24, 2.45) is 5.92 Å². The van der Waals surface area contributed by atoms with E-state index in [0.29, 0.717) is 29.7 Å². The molecule has 3 aromatic rings. The quantitative estimate of drug-likeness (QED) is 0.587. The molecule has 0 bridgehead atoms. The van der Waals surface area contributed by atoms with E-state index < -0.39 is 0 Å². The Hall–Kier alpha value is -3.22. The van der Waals surface area contributed by atoms with Crippen LogP contribution in [-0.2, 0) is 4.79 Å². The van der Waals surface area contributed by atoms with E-state index in [1.807, 2.05) is 69.6 Å². The largest absolute Gasteiger partial charge is 0.354 e. The molecule has 0 fully saturated rings. The number of rotatable bonds is 7. The van der Waals surface area contributed by atoms with E-state index >= 15 is 0 Å². The topological polar surface area (TPSA) is 88.9 Å². The van der Waals surface area contributed by atoms with E-state index in [4.69, 9.17) is 4.98 Å². The molecule has 7 nitrogen and oxygen atoms in total. The highest BCUT2D eigenvalue weighted by Gasteiger charge is 2.19. The van der Waals surface area contributed by atoms with Crippen LogP contribution in [0.25, 0.3) is 22.3 Å². The summed E-state index contributed by atoms with van der Waals surface area (Å²) in [6.45, 7) is 10.5. The Balaban J connectivity index is 1.94. The van der Waals surface area contributed by atoms with Gasteiger partial charge in [-0.25, -0.2) is 9.67 Å². The fourth-order valence-electron chi connectivity index (χ4n) is 3.24. The number of nitrogens with zero attached hydrogens (tertiary/aromatic N) is 3. The molecule has 0 unspecified atom stereocenters. The highest BCUT2D eigenvalue weighted by Crippen LogP contribution is 2.28. The van der Waals surface area contributed by atoms with Crippen LogP contribution in [0.2, 0.25) is 0 Å². The number of pyridine rings is 1. The monoisotopic (exact) mass is 407 g/mol. The van der Waals surface area contributed by atoms with Gasteiger partial charge in [0, 0.05) is 30.6 Å². The number of nitrogens with one attached hydrogen (secondary N) is 2. The lowest BCUT2D eigenvalue weighted by atomic mass is 10.0. The molecule has 2 N–H and O–H groups in total. The van der Waals surface area contributed by atoms with Gasteiger partial charge in [-0.05, 0) is 32.4 Å². The van der Waals surface area contributed by atoms with Crippen molar-refractivity contribution in [1.82, 2.24) is 25.4 Å². The van der Waals surface area contributed by atoms with Crippen molar-refractivity contribution in [3.8, 4) is 11.3 Å². The molecule has 0 aliphatic heterocycles. The van der Waals surface area contributed by atoms with Crippen LogP contribution < -0.4 is 10.6 Å². The molecule has 0 aliphatic rings. The fraction of sp³-hybridized carbons (Fsp3) is 0.391. The Morgan fingerprint density at radius 2 is 1.77 bits per heavy atom. The number of aromatic nitrogens is 3. The van der Waals surface area contributed by atoms with Crippen molar-refractivity contribution in [3.63, 3.8) is 0 Å². The molecule has 2 aromatic heterocycles. The molecule has 0 saturated heterocycles. The average molecular weight is 408 g/mol. The zero-order valence-corrected chi connectivity index (χ0v) is 18.2. The molecule has 158 valence electrons. The summed E-state index contributed by atoms with van der Waals surface area (Å²) in [6.07, 6.45) is 1.69. The normalized spacial score (nSPS) is 11.3.